The van der Waals surface area contributed by atoms with E-state index < -0.39 is 5.60 Å². The number of imidazole rings is 1. The van der Waals surface area contributed by atoms with E-state index in [1.807, 2.05) is 48.7 Å². The Bertz CT molecular complexity index is 1620. The van der Waals surface area contributed by atoms with Gasteiger partial charge in [-0.2, -0.15) is 5.26 Å². The number of rotatable bonds is 5. The lowest BCUT2D eigenvalue weighted by atomic mass is 10.1. The van der Waals surface area contributed by atoms with Crippen LogP contribution in [-0.2, 0) is 16.9 Å². The van der Waals surface area contributed by atoms with Gasteiger partial charge in [-0.3, -0.25) is 18.7 Å². The van der Waals surface area contributed by atoms with Crippen LogP contribution in [0.15, 0.2) is 59.8 Å². The number of nitrogens with zero attached hydrogens (tertiary/aromatic N) is 8. The lowest BCUT2D eigenvalue weighted by molar-refractivity contribution is 0.0755. The average Bonchev–Trinajstić information content (AvgIpc) is 3.33. The number of hydrogen-bond donors (Lipinski definition) is 0. The Morgan fingerprint density at radius 3 is 2.61 bits per heavy atom. The molecule has 1 aromatic carbocycles. The van der Waals surface area contributed by atoms with Crippen molar-refractivity contribution in [2.24, 2.45) is 0 Å². The molecule has 1 aliphatic carbocycles. The van der Waals surface area contributed by atoms with Crippen molar-refractivity contribution < 1.29 is 4.74 Å². The lowest BCUT2D eigenvalue weighted by Crippen LogP contribution is -2.24. The molecular formula is C23H18N8O2. The third kappa shape index (κ3) is 2.79. The lowest BCUT2D eigenvalue weighted by Gasteiger charge is -2.13. The summed E-state index contributed by atoms with van der Waals surface area (Å²) in [5.74, 6) is 0. The standard InChI is InChI=1S/C23H18N8O2/c1-33-23(9-10-23)21-19(31(13-24)28-27-21)18-20-22(32)29(12-15-6-4-5-11-25-15)16-7-2-3-8-17(16)30(20)14-26-18/h2-8,11,14H,9-10,12H2,1H3. The SMILES string of the molecule is COC1(c2nnn(C#N)c2-c2ncn3c2c(=O)n(Cc2ccccn2)c2ccccc23)CC1. The Hall–Kier alpha value is -4.36. The highest BCUT2D eigenvalue weighted by Gasteiger charge is 2.50. The molecule has 1 aliphatic rings. The second kappa shape index (κ2) is 7.08. The van der Waals surface area contributed by atoms with Gasteiger partial charge in [0.05, 0.1) is 23.3 Å². The molecule has 0 aliphatic heterocycles. The van der Waals surface area contributed by atoms with Crippen molar-refractivity contribution in [2.45, 2.75) is 25.0 Å². The molecular weight excluding hydrogens is 420 g/mol. The zero-order chi connectivity index (χ0) is 22.6. The van der Waals surface area contributed by atoms with Gasteiger partial charge in [-0.1, -0.05) is 23.4 Å². The fourth-order valence-electron chi connectivity index (χ4n) is 4.38. The molecule has 0 bridgehead atoms. The molecule has 6 rings (SSSR count). The van der Waals surface area contributed by atoms with Crippen LogP contribution in [-0.4, -0.2) is 41.0 Å². The summed E-state index contributed by atoms with van der Waals surface area (Å²) in [6.45, 7) is 0.298. The summed E-state index contributed by atoms with van der Waals surface area (Å²) < 4.78 is 10.2. The van der Waals surface area contributed by atoms with E-state index in [0.717, 1.165) is 34.3 Å². The smallest absolute Gasteiger partial charge is 0.278 e. The molecule has 10 nitrogen and oxygen atoms in total. The van der Waals surface area contributed by atoms with Crippen LogP contribution >= 0.6 is 0 Å². The highest BCUT2D eigenvalue weighted by molar-refractivity contribution is 5.85. The average molecular weight is 438 g/mol. The van der Waals surface area contributed by atoms with E-state index in [9.17, 15) is 10.1 Å². The van der Waals surface area contributed by atoms with Crippen LogP contribution in [0.25, 0.3) is 27.9 Å². The highest BCUT2D eigenvalue weighted by Crippen LogP contribution is 2.50. The fraction of sp³-hybridized carbons (Fsp3) is 0.217. The van der Waals surface area contributed by atoms with Crippen molar-refractivity contribution >= 4 is 16.6 Å². The Kier molecular flexibility index (Phi) is 4.15. The predicted molar refractivity (Wildman–Crippen MR) is 118 cm³/mol. The first-order valence-corrected chi connectivity index (χ1v) is 10.5. The van der Waals surface area contributed by atoms with Gasteiger partial charge in [0.1, 0.15) is 34.5 Å². The molecule has 0 N–H and O–H groups in total. The Balaban J connectivity index is 1.67. The molecule has 4 heterocycles. The molecule has 0 amide bonds. The minimum absolute atomic E-state index is 0.245. The minimum Gasteiger partial charge on any atom is -0.372 e. The van der Waals surface area contributed by atoms with Crippen molar-refractivity contribution in [2.75, 3.05) is 7.11 Å². The van der Waals surface area contributed by atoms with Crippen LogP contribution in [0.2, 0.25) is 0 Å². The van der Waals surface area contributed by atoms with E-state index >= 15 is 0 Å². The topological polar surface area (TPSA) is 116 Å². The monoisotopic (exact) mass is 438 g/mol. The minimum atomic E-state index is -0.607. The van der Waals surface area contributed by atoms with Gasteiger partial charge in [0.15, 0.2) is 0 Å². The van der Waals surface area contributed by atoms with E-state index in [1.165, 1.54) is 0 Å². The second-order valence-corrected chi connectivity index (χ2v) is 8.01. The molecule has 0 atom stereocenters. The second-order valence-electron chi connectivity index (χ2n) is 8.01. The molecule has 1 saturated carbocycles. The van der Waals surface area contributed by atoms with Crippen LogP contribution in [0.1, 0.15) is 24.2 Å². The summed E-state index contributed by atoms with van der Waals surface area (Å²) in [6, 6.07) is 13.2. The van der Waals surface area contributed by atoms with Gasteiger partial charge < -0.3 is 4.74 Å². The molecule has 162 valence electrons. The number of benzene rings is 1. The number of fused-ring (bicyclic) bond motifs is 3. The molecule has 0 spiro atoms. The van der Waals surface area contributed by atoms with Crippen LogP contribution in [0.3, 0.4) is 0 Å². The van der Waals surface area contributed by atoms with Crippen molar-refractivity contribution in [3.63, 3.8) is 0 Å². The summed E-state index contributed by atoms with van der Waals surface area (Å²) in [6.07, 6.45) is 6.85. The number of pyridine rings is 1. The van der Waals surface area contributed by atoms with Gasteiger partial charge >= 0.3 is 0 Å². The first-order chi connectivity index (χ1) is 16.2. The van der Waals surface area contributed by atoms with Crippen molar-refractivity contribution in [3.05, 3.63) is 76.7 Å². The summed E-state index contributed by atoms with van der Waals surface area (Å²) in [5.41, 5.74) is 3.08. The maximum absolute atomic E-state index is 13.9. The van der Waals surface area contributed by atoms with E-state index in [0.29, 0.717) is 29.1 Å². The van der Waals surface area contributed by atoms with Gasteiger partial charge in [0.2, 0.25) is 6.19 Å². The first kappa shape index (κ1) is 19.3. The largest absolute Gasteiger partial charge is 0.372 e. The molecule has 4 aromatic heterocycles. The fourth-order valence-corrected chi connectivity index (χ4v) is 4.38. The molecule has 0 unspecified atom stereocenters. The Morgan fingerprint density at radius 1 is 1.12 bits per heavy atom. The third-order valence-corrected chi connectivity index (χ3v) is 6.21. The predicted octanol–water partition coefficient (Wildman–Crippen LogP) is 2.32. The molecule has 5 aromatic rings. The summed E-state index contributed by atoms with van der Waals surface area (Å²) >= 11 is 0. The number of nitriles is 1. The van der Waals surface area contributed by atoms with Crippen LogP contribution in [0, 0.1) is 11.5 Å². The van der Waals surface area contributed by atoms with Crippen LogP contribution in [0.5, 0.6) is 0 Å². The maximum atomic E-state index is 13.9. The first-order valence-electron chi connectivity index (χ1n) is 10.5. The molecule has 1 fully saturated rings. The number of para-hydroxylation sites is 2. The zero-order valence-electron chi connectivity index (χ0n) is 17.7. The Labute approximate surface area is 187 Å². The third-order valence-electron chi connectivity index (χ3n) is 6.21. The zero-order valence-corrected chi connectivity index (χ0v) is 17.7. The van der Waals surface area contributed by atoms with Gasteiger partial charge in [-0.25, -0.2) is 4.98 Å². The number of aromatic nitrogens is 7. The van der Waals surface area contributed by atoms with E-state index in [4.69, 9.17) is 4.74 Å². The van der Waals surface area contributed by atoms with E-state index in [2.05, 4.69) is 20.3 Å². The quantitative estimate of drug-likeness (QED) is 0.413. The van der Waals surface area contributed by atoms with E-state index in [1.54, 1.807) is 28.6 Å². The number of hydrogen-bond acceptors (Lipinski definition) is 7. The molecule has 0 radical (unpaired) electrons. The molecule has 0 saturated heterocycles. The van der Waals surface area contributed by atoms with Gasteiger partial charge in [0.25, 0.3) is 5.56 Å². The van der Waals surface area contributed by atoms with Crippen molar-refractivity contribution in [1.29, 1.82) is 5.26 Å². The van der Waals surface area contributed by atoms with Gasteiger partial charge in [-0.05, 0) is 37.1 Å². The summed E-state index contributed by atoms with van der Waals surface area (Å²) in [4.78, 5) is 22.8. The van der Waals surface area contributed by atoms with Gasteiger partial charge in [0, 0.05) is 13.3 Å². The summed E-state index contributed by atoms with van der Waals surface area (Å²) in [7, 11) is 1.61. The van der Waals surface area contributed by atoms with Crippen molar-refractivity contribution in [3.8, 4) is 17.6 Å². The van der Waals surface area contributed by atoms with Crippen LogP contribution in [0.4, 0.5) is 0 Å². The number of methoxy groups -OCH3 is 1. The number of ether oxygens (including phenoxy) is 1. The van der Waals surface area contributed by atoms with Gasteiger partial charge in [-0.15, -0.1) is 9.78 Å². The molecule has 10 heteroatoms. The normalized spacial score (nSPS) is 14.5. The van der Waals surface area contributed by atoms with Crippen LogP contribution < -0.4 is 5.56 Å². The molecule has 33 heavy (non-hydrogen) atoms. The Morgan fingerprint density at radius 2 is 1.91 bits per heavy atom. The highest BCUT2D eigenvalue weighted by atomic mass is 16.5. The summed E-state index contributed by atoms with van der Waals surface area (Å²) in [5, 5.41) is 17.9. The maximum Gasteiger partial charge on any atom is 0.278 e. The van der Waals surface area contributed by atoms with Crippen molar-refractivity contribution in [1.82, 2.24) is 33.9 Å². The van der Waals surface area contributed by atoms with E-state index in [-0.39, 0.29) is 5.56 Å².